The highest BCUT2D eigenvalue weighted by atomic mass is 35.5. The van der Waals surface area contributed by atoms with Crippen LogP contribution < -0.4 is 5.32 Å². The van der Waals surface area contributed by atoms with Crippen molar-refractivity contribution in [2.45, 2.75) is 37.5 Å². The van der Waals surface area contributed by atoms with E-state index in [4.69, 9.17) is 0 Å². The predicted molar refractivity (Wildman–Crippen MR) is 105 cm³/mol. The van der Waals surface area contributed by atoms with E-state index >= 15 is 0 Å². The SMILES string of the molecule is Cl.Cn1cc([C@H]2CNC[C@@H]2C(=O)N(Cc2ccc(C(F)(F)F)cc2)C2CC2)cn1. The van der Waals surface area contributed by atoms with Gasteiger partial charge in [-0.25, -0.2) is 0 Å². The van der Waals surface area contributed by atoms with E-state index in [0.717, 1.165) is 42.6 Å². The normalized spacial score (nSPS) is 21.7. The van der Waals surface area contributed by atoms with Gasteiger partial charge in [0, 0.05) is 44.8 Å². The minimum absolute atomic E-state index is 0. The molecule has 2 atom stereocenters. The minimum Gasteiger partial charge on any atom is -0.335 e. The lowest BCUT2D eigenvalue weighted by atomic mass is 9.89. The number of aromatic nitrogens is 2. The average Bonchev–Trinajstić information content (AvgIpc) is 3.20. The molecule has 1 aromatic heterocycles. The van der Waals surface area contributed by atoms with Gasteiger partial charge in [-0.2, -0.15) is 18.3 Å². The van der Waals surface area contributed by atoms with Gasteiger partial charge in [0.15, 0.2) is 0 Å². The number of carbonyl (C=O) groups excluding carboxylic acids is 1. The second-order valence-electron chi connectivity index (χ2n) is 7.71. The summed E-state index contributed by atoms with van der Waals surface area (Å²) in [5.74, 6) is -0.0458. The Hall–Kier alpha value is -2.06. The molecular formula is C20H24ClF3N4O. The van der Waals surface area contributed by atoms with Crippen LogP contribution >= 0.6 is 12.4 Å². The first kappa shape index (κ1) is 21.6. The first-order valence-electron chi connectivity index (χ1n) is 9.49. The molecule has 2 aromatic rings. The van der Waals surface area contributed by atoms with E-state index in [9.17, 15) is 18.0 Å². The molecule has 29 heavy (non-hydrogen) atoms. The van der Waals surface area contributed by atoms with Crippen LogP contribution in [-0.2, 0) is 24.6 Å². The summed E-state index contributed by atoms with van der Waals surface area (Å²) in [6.07, 6.45) is 1.29. The number of benzene rings is 1. The Morgan fingerprint density at radius 1 is 1.24 bits per heavy atom. The largest absolute Gasteiger partial charge is 0.416 e. The summed E-state index contributed by atoms with van der Waals surface area (Å²) in [4.78, 5) is 15.2. The lowest BCUT2D eigenvalue weighted by Crippen LogP contribution is -2.39. The van der Waals surface area contributed by atoms with Gasteiger partial charge in [-0.15, -0.1) is 12.4 Å². The van der Waals surface area contributed by atoms with Crippen molar-refractivity contribution >= 4 is 18.3 Å². The number of amides is 1. The molecule has 2 aliphatic rings. The zero-order valence-electron chi connectivity index (χ0n) is 16.0. The fourth-order valence-electron chi connectivity index (χ4n) is 3.90. The van der Waals surface area contributed by atoms with Crippen molar-refractivity contribution in [2.24, 2.45) is 13.0 Å². The summed E-state index contributed by atoms with van der Waals surface area (Å²) >= 11 is 0. The second-order valence-corrected chi connectivity index (χ2v) is 7.71. The minimum atomic E-state index is -4.35. The number of halogens is 4. The third kappa shape index (κ3) is 4.75. The van der Waals surface area contributed by atoms with E-state index in [-0.39, 0.29) is 36.2 Å². The lowest BCUT2D eigenvalue weighted by molar-refractivity contribution is -0.138. The highest BCUT2D eigenvalue weighted by molar-refractivity contribution is 5.85. The Kier molecular flexibility index (Phi) is 6.24. The molecule has 5 nitrogen and oxygen atoms in total. The van der Waals surface area contributed by atoms with Gasteiger partial charge in [-0.3, -0.25) is 9.48 Å². The maximum Gasteiger partial charge on any atom is 0.416 e. The third-order valence-electron chi connectivity index (χ3n) is 5.59. The van der Waals surface area contributed by atoms with Gasteiger partial charge in [0.1, 0.15) is 0 Å². The maximum atomic E-state index is 13.3. The first-order chi connectivity index (χ1) is 13.3. The topological polar surface area (TPSA) is 50.2 Å². The summed E-state index contributed by atoms with van der Waals surface area (Å²) in [7, 11) is 1.85. The van der Waals surface area contributed by atoms with E-state index in [1.807, 2.05) is 18.1 Å². The van der Waals surface area contributed by atoms with Crippen LogP contribution in [0.2, 0.25) is 0 Å². The number of nitrogens with one attached hydrogen (secondary N) is 1. The average molecular weight is 429 g/mol. The number of hydrogen-bond donors (Lipinski definition) is 1. The third-order valence-corrected chi connectivity index (χ3v) is 5.59. The number of carbonyl (C=O) groups is 1. The Morgan fingerprint density at radius 2 is 1.93 bits per heavy atom. The number of alkyl halides is 3. The molecule has 9 heteroatoms. The van der Waals surface area contributed by atoms with Crippen molar-refractivity contribution in [1.29, 1.82) is 0 Å². The Morgan fingerprint density at radius 3 is 2.48 bits per heavy atom. The van der Waals surface area contributed by atoms with Crippen LogP contribution in [0.25, 0.3) is 0 Å². The quantitative estimate of drug-likeness (QED) is 0.794. The Labute approximate surface area is 173 Å². The Bertz CT molecular complexity index is 848. The summed E-state index contributed by atoms with van der Waals surface area (Å²) in [5.41, 5.74) is 1.09. The zero-order valence-corrected chi connectivity index (χ0v) is 16.8. The van der Waals surface area contributed by atoms with Gasteiger partial charge < -0.3 is 10.2 Å². The fourth-order valence-corrected chi connectivity index (χ4v) is 3.90. The monoisotopic (exact) mass is 428 g/mol. The van der Waals surface area contributed by atoms with Crippen LogP contribution in [0.15, 0.2) is 36.7 Å². The molecule has 2 heterocycles. The molecule has 1 N–H and O–H groups in total. The summed E-state index contributed by atoms with van der Waals surface area (Å²) < 4.78 is 40.1. The van der Waals surface area contributed by atoms with Crippen molar-refractivity contribution in [3.05, 3.63) is 53.3 Å². The van der Waals surface area contributed by atoms with Crippen molar-refractivity contribution in [3.8, 4) is 0 Å². The van der Waals surface area contributed by atoms with Crippen LogP contribution in [-0.4, -0.2) is 39.7 Å². The molecule has 4 rings (SSSR count). The van der Waals surface area contributed by atoms with Crippen LogP contribution in [0.1, 0.15) is 35.4 Å². The van der Waals surface area contributed by atoms with Crippen molar-refractivity contribution in [2.75, 3.05) is 13.1 Å². The van der Waals surface area contributed by atoms with E-state index < -0.39 is 11.7 Å². The molecule has 1 saturated heterocycles. The van der Waals surface area contributed by atoms with Gasteiger partial charge in [0.25, 0.3) is 0 Å². The predicted octanol–water partition coefficient (Wildman–Crippen LogP) is 3.35. The highest BCUT2D eigenvalue weighted by Gasteiger charge is 2.41. The van der Waals surface area contributed by atoms with Crippen molar-refractivity contribution in [3.63, 3.8) is 0 Å². The fraction of sp³-hybridized carbons (Fsp3) is 0.500. The van der Waals surface area contributed by atoms with E-state index in [0.29, 0.717) is 13.1 Å². The zero-order chi connectivity index (χ0) is 19.9. The summed E-state index contributed by atoms with van der Waals surface area (Å²) in [6, 6.07) is 5.29. The van der Waals surface area contributed by atoms with Gasteiger partial charge >= 0.3 is 6.18 Å². The van der Waals surface area contributed by atoms with Gasteiger partial charge in [0.2, 0.25) is 5.91 Å². The molecule has 0 spiro atoms. The van der Waals surface area contributed by atoms with Gasteiger partial charge in [-0.1, -0.05) is 12.1 Å². The molecule has 0 unspecified atom stereocenters. The van der Waals surface area contributed by atoms with Crippen molar-refractivity contribution in [1.82, 2.24) is 20.0 Å². The highest BCUT2D eigenvalue weighted by Crippen LogP contribution is 2.35. The smallest absolute Gasteiger partial charge is 0.335 e. The molecule has 158 valence electrons. The molecule has 0 bridgehead atoms. The molecule has 2 fully saturated rings. The molecular weight excluding hydrogens is 405 g/mol. The van der Waals surface area contributed by atoms with E-state index in [1.54, 1.807) is 10.9 Å². The summed E-state index contributed by atoms with van der Waals surface area (Å²) in [5, 5.41) is 7.52. The number of hydrogen-bond acceptors (Lipinski definition) is 3. The maximum absolute atomic E-state index is 13.3. The summed E-state index contributed by atoms with van der Waals surface area (Å²) in [6.45, 7) is 1.67. The van der Waals surface area contributed by atoms with Crippen LogP contribution in [0.3, 0.4) is 0 Å². The first-order valence-corrected chi connectivity index (χ1v) is 9.49. The molecule has 1 saturated carbocycles. The van der Waals surface area contributed by atoms with Crippen molar-refractivity contribution < 1.29 is 18.0 Å². The number of aryl methyl sites for hydroxylation is 1. The number of nitrogens with zero attached hydrogens (tertiary/aromatic N) is 3. The molecule has 1 amide bonds. The standard InChI is InChI=1S/C20H23F3N4O.ClH/c1-26-12-14(8-25-26)17-9-24-10-18(17)19(28)27(16-6-7-16)11-13-2-4-15(5-3-13)20(21,22)23;/h2-5,8,12,16-18,24H,6-7,9-11H2,1H3;1H/t17-,18+;/m1./s1. The van der Waals surface area contributed by atoms with Crippen LogP contribution in [0.5, 0.6) is 0 Å². The molecule has 1 aromatic carbocycles. The second kappa shape index (κ2) is 8.36. The Balaban J connectivity index is 0.00000240. The van der Waals surface area contributed by atoms with E-state index in [2.05, 4.69) is 10.4 Å². The van der Waals surface area contributed by atoms with Gasteiger partial charge in [0.05, 0.1) is 17.7 Å². The molecule has 0 radical (unpaired) electrons. The number of rotatable bonds is 5. The lowest BCUT2D eigenvalue weighted by Gasteiger charge is -2.28. The molecule has 1 aliphatic heterocycles. The van der Waals surface area contributed by atoms with Crippen LogP contribution in [0.4, 0.5) is 13.2 Å². The van der Waals surface area contributed by atoms with Gasteiger partial charge in [-0.05, 0) is 36.1 Å². The molecule has 1 aliphatic carbocycles. The van der Waals surface area contributed by atoms with E-state index in [1.165, 1.54) is 12.1 Å². The van der Waals surface area contributed by atoms with Crippen LogP contribution in [0, 0.1) is 5.92 Å².